The number of nitrogens with two attached hydrogens (primary N) is 1. The lowest BCUT2D eigenvalue weighted by molar-refractivity contribution is -0.643. The molecule has 0 atom stereocenters. The van der Waals surface area contributed by atoms with Crippen molar-refractivity contribution in [2.45, 2.75) is 20.4 Å². The number of anilines is 1. The van der Waals surface area contributed by atoms with Crippen LogP contribution < -0.4 is 10.2 Å². The highest BCUT2D eigenvalue weighted by Gasteiger charge is 2.00. The van der Waals surface area contributed by atoms with Crippen molar-refractivity contribution in [1.29, 1.82) is 0 Å². The average Bonchev–Trinajstić information content (AvgIpc) is 2.23. The van der Waals surface area contributed by atoms with Crippen molar-refractivity contribution in [3.63, 3.8) is 0 Å². The van der Waals surface area contributed by atoms with Crippen molar-refractivity contribution in [2.24, 2.45) is 0 Å². The molecule has 0 saturated carbocycles. The molecule has 14 heavy (non-hydrogen) atoms. The fraction of sp³-hybridized carbons (Fsp3) is 0.500. The van der Waals surface area contributed by atoms with E-state index in [9.17, 15) is 0 Å². The van der Waals surface area contributed by atoms with Gasteiger partial charge in [0.2, 0.25) is 0 Å². The van der Waals surface area contributed by atoms with Crippen LogP contribution in [-0.2, 0) is 6.54 Å². The van der Waals surface area contributed by atoms with Crippen LogP contribution in [0.2, 0.25) is 0 Å². The topological polar surface area (TPSA) is 19.9 Å². The maximum Gasteiger partial charge on any atom is 0.101 e. The molecule has 0 amide bonds. The normalized spacial score (nSPS) is 10.2. The second-order valence-electron chi connectivity index (χ2n) is 3.45. The first-order chi connectivity index (χ1) is 6.81. The highest BCUT2D eigenvalue weighted by Crippen LogP contribution is 2.14. The predicted octanol–water partition coefficient (Wildman–Crippen LogP) is 1.23. The Morgan fingerprint density at radius 1 is 1.07 bits per heavy atom. The second-order valence-corrected chi connectivity index (χ2v) is 3.45. The van der Waals surface area contributed by atoms with Crippen molar-refractivity contribution >= 4 is 5.69 Å². The molecule has 1 rings (SSSR count). The molecular weight excluding hydrogens is 172 g/mol. The fourth-order valence-corrected chi connectivity index (χ4v) is 1.67. The number of hydrogen-bond acceptors (Lipinski definition) is 1. The van der Waals surface area contributed by atoms with E-state index in [1.807, 2.05) is 0 Å². The van der Waals surface area contributed by atoms with Gasteiger partial charge in [0.1, 0.15) is 6.54 Å². The molecule has 2 N–H and O–H groups in total. The van der Waals surface area contributed by atoms with E-state index in [0.29, 0.717) is 0 Å². The second kappa shape index (κ2) is 5.66. The summed E-state index contributed by atoms with van der Waals surface area (Å²) in [4.78, 5) is 2.36. The van der Waals surface area contributed by atoms with Gasteiger partial charge in [-0.25, -0.2) is 0 Å². The van der Waals surface area contributed by atoms with Gasteiger partial charge in [0.05, 0.1) is 7.05 Å². The number of hydrogen-bond donors (Lipinski definition) is 1. The van der Waals surface area contributed by atoms with Crippen molar-refractivity contribution in [3.05, 3.63) is 29.8 Å². The molecule has 78 valence electrons. The van der Waals surface area contributed by atoms with Crippen molar-refractivity contribution in [1.82, 2.24) is 0 Å². The van der Waals surface area contributed by atoms with Gasteiger partial charge in [-0.3, -0.25) is 0 Å². The minimum absolute atomic E-state index is 1.07. The summed E-state index contributed by atoms with van der Waals surface area (Å²) in [6.45, 7) is 7.61. The van der Waals surface area contributed by atoms with Crippen LogP contribution in [0, 0.1) is 0 Å². The summed E-state index contributed by atoms with van der Waals surface area (Å²) in [6.07, 6.45) is 0. The molecule has 0 unspecified atom stereocenters. The molecule has 0 aliphatic rings. The van der Waals surface area contributed by atoms with Crippen LogP contribution in [-0.4, -0.2) is 20.1 Å². The van der Waals surface area contributed by atoms with Gasteiger partial charge in [-0.15, -0.1) is 0 Å². The Hall–Kier alpha value is -1.02. The number of nitrogens with zero attached hydrogens (tertiary/aromatic N) is 1. The van der Waals surface area contributed by atoms with E-state index in [1.165, 1.54) is 11.3 Å². The zero-order valence-corrected chi connectivity index (χ0v) is 9.46. The van der Waals surface area contributed by atoms with Crippen LogP contribution in [0.25, 0.3) is 0 Å². The van der Waals surface area contributed by atoms with E-state index in [4.69, 9.17) is 0 Å². The number of benzene rings is 1. The van der Waals surface area contributed by atoms with Gasteiger partial charge in [0, 0.05) is 24.3 Å². The van der Waals surface area contributed by atoms with Gasteiger partial charge >= 0.3 is 0 Å². The Bertz CT molecular complexity index is 250. The van der Waals surface area contributed by atoms with E-state index in [2.05, 4.69) is 55.4 Å². The van der Waals surface area contributed by atoms with Gasteiger partial charge < -0.3 is 10.2 Å². The molecule has 0 aliphatic heterocycles. The maximum atomic E-state index is 2.36. The zero-order valence-electron chi connectivity index (χ0n) is 9.46. The molecule has 1 aromatic rings. The van der Waals surface area contributed by atoms with Crippen LogP contribution in [0.4, 0.5) is 5.69 Å². The standard InChI is InChI=1S/C12H20N2/c1-4-14(5-2)12-8-6-11(7-9-12)10-13-3/h6-9,13H,4-5,10H2,1-3H3/p+1. The molecule has 0 heterocycles. The van der Waals surface area contributed by atoms with E-state index in [0.717, 1.165) is 19.6 Å². The van der Waals surface area contributed by atoms with Crippen molar-refractivity contribution < 1.29 is 5.32 Å². The highest BCUT2D eigenvalue weighted by atomic mass is 15.1. The summed E-state index contributed by atoms with van der Waals surface area (Å²) >= 11 is 0. The van der Waals surface area contributed by atoms with Crippen molar-refractivity contribution in [3.8, 4) is 0 Å². The molecule has 0 saturated heterocycles. The summed E-state index contributed by atoms with van der Waals surface area (Å²) < 4.78 is 0. The lowest BCUT2D eigenvalue weighted by Gasteiger charge is -2.20. The first kappa shape index (κ1) is 11.1. The molecule has 0 fully saturated rings. The Morgan fingerprint density at radius 3 is 2.07 bits per heavy atom. The van der Waals surface area contributed by atoms with E-state index >= 15 is 0 Å². The van der Waals surface area contributed by atoms with E-state index in [1.54, 1.807) is 0 Å². The van der Waals surface area contributed by atoms with Crippen molar-refractivity contribution in [2.75, 3.05) is 25.0 Å². The lowest BCUT2D eigenvalue weighted by atomic mass is 10.2. The molecule has 2 heteroatoms. The Kier molecular flexibility index (Phi) is 4.47. The molecule has 1 aromatic carbocycles. The monoisotopic (exact) mass is 193 g/mol. The minimum atomic E-state index is 1.07. The Balaban J connectivity index is 2.71. The summed E-state index contributed by atoms with van der Waals surface area (Å²) in [5, 5.41) is 2.19. The third-order valence-corrected chi connectivity index (χ3v) is 2.50. The van der Waals surface area contributed by atoms with Gasteiger partial charge in [-0.2, -0.15) is 0 Å². The van der Waals surface area contributed by atoms with Gasteiger partial charge in [-0.1, -0.05) is 12.1 Å². The molecular formula is C12H21N2+. The van der Waals surface area contributed by atoms with Crippen LogP contribution in [0.3, 0.4) is 0 Å². The van der Waals surface area contributed by atoms with E-state index < -0.39 is 0 Å². The van der Waals surface area contributed by atoms with Gasteiger partial charge in [-0.05, 0) is 26.0 Å². The van der Waals surface area contributed by atoms with E-state index in [-0.39, 0.29) is 0 Å². The fourth-order valence-electron chi connectivity index (χ4n) is 1.67. The Labute approximate surface area is 86.9 Å². The Morgan fingerprint density at radius 2 is 1.64 bits per heavy atom. The quantitative estimate of drug-likeness (QED) is 0.745. The molecule has 2 nitrogen and oxygen atoms in total. The van der Waals surface area contributed by atoms with Crippen LogP contribution in [0.15, 0.2) is 24.3 Å². The van der Waals surface area contributed by atoms with Crippen LogP contribution in [0.5, 0.6) is 0 Å². The summed E-state index contributed by atoms with van der Waals surface area (Å²) in [7, 11) is 2.10. The van der Waals surface area contributed by atoms with Gasteiger partial charge in [0.15, 0.2) is 0 Å². The predicted molar refractivity (Wildman–Crippen MR) is 61.6 cm³/mol. The summed E-state index contributed by atoms with van der Waals surface area (Å²) in [5.41, 5.74) is 2.72. The summed E-state index contributed by atoms with van der Waals surface area (Å²) in [5.74, 6) is 0. The first-order valence-electron chi connectivity index (χ1n) is 5.43. The molecule has 0 radical (unpaired) electrons. The molecule has 0 aromatic heterocycles. The van der Waals surface area contributed by atoms with Gasteiger partial charge in [0.25, 0.3) is 0 Å². The largest absolute Gasteiger partial charge is 0.372 e. The number of rotatable bonds is 5. The number of quaternary nitrogens is 1. The third-order valence-electron chi connectivity index (χ3n) is 2.50. The van der Waals surface area contributed by atoms with Crippen LogP contribution in [0.1, 0.15) is 19.4 Å². The third kappa shape index (κ3) is 2.74. The average molecular weight is 193 g/mol. The zero-order chi connectivity index (χ0) is 10.4. The minimum Gasteiger partial charge on any atom is -0.372 e. The molecule has 0 bridgehead atoms. The highest BCUT2D eigenvalue weighted by molar-refractivity contribution is 5.47. The lowest BCUT2D eigenvalue weighted by Crippen LogP contribution is -2.77. The SMILES string of the molecule is CCN(CC)c1ccc(C[NH2+]C)cc1. The summed E-state index contributed by atoms with van der Waals surface area (Å²) in [6, 6.07) is 8.86. The first-order valence-corrected chi connectivity index (χ1v) is 5.43. The smallest absolute Gasteiger partial charge is 0.101 e. The maximum absolute atomic E-state index is 2.36. The molecule has 0 spiro atoms. The molecule has 0 aliphatic carbocycles. The van der Waals surface area contributed by atoms with Crippen LogP contribution >= 0.6 is 0 Å².